The number of rotatable bonds is 5. The molecule has 0 bridgehead atoms. The van der Waals surface area contributed by atoms with Crippen molar-refractivity contribution in [2.75, 3.05) is 6.54 Å². The van der Waals surface area contributed by atoms with Gasteiger partial charge in [0.1, 0.15) is 17.8 Å². The molecule has 3 rings (SSSR count). The summed E-state index contributed by atoms with van der Waals surface area (Å²) in [5.74, 6) is -1.19. The van der Waals surface area contributed by atoms with E-state index in [-0.39, 0.29) is 18.9 Å². The average Bonchev–Trinajstić information content (AvgIpc) is 3.13. The second-order valence-corrected chi connectivity index (χ2v) is 9.60. The van der Waals surface area contributed by atoms with Gasteiger partial charge in [0, 0.05) is 12.0 Å². The molecule has 1 saturated heterocycles. The fourth-order valence-corrected chi connectivity index (χ4v) is 3.82. The molecule has 0 aliphatic carbocycles. The molecule has 0 saturated carbocycles. The normalized spacial score (nSPS) is 19.5. The Balaban J connectivity index is 1.89. The Labute approximate surface area is 193 Å². The maximum absolute atomic E-state index is 14.6. The van der Waals surface area contributed by atoms with Crippen molar-refractivity contribution in [3.05, 3.63) is 65.2 Å². The lowest BCUT2D eigenvalue weighted by Gasteiger charge is -2.29. The van der Waals surface area contributed by atoms with E-state index in [1.165, 1.54) is 0 Å². The van der Waals surface area contributed by atoms with E-state index in [9.17, 15) is 18.4 Å². The number of pyridine rings is 1. The summed E-state index contributed by atoms with van der Waals surface area (Å²) in [7, 11) is 0. The third kappa shape index (κ3) is 6.06. The van der Waals surface area contributed by atoms with Gasteiger partial charge in [0.15, 0.2) is 0 Å². The lowest BCUT2D eigenvalue weighted by Crippen LogP contribution is -2.48. The molecule has 178 valence electrons. The Bertz CT molecular complexity index is 992. The second-order valence-electron chi connectivity index (χ2n) is 9.60. The third-order valence-corrected chi connectivity index (χ3v) is 5.42. The van der Waals surface area contributed by atoms with Crippen LogP contribution in [-0.2, 0) is 9.53 Å². The Kier molecular flexibility index (Phi) is 7.34. The first-order valence-electron chi connectivity index (χ1n) is 11.1. The minimum atomic E-state index is -1.34. The van der Waals surface area contributed by atoms with Gasteiger partial charge < -0.3 is 10.1 Å². The van der Waals surface area contributed by atoms with Gasteiger partial charge in [0.05, 0.1) is 18.3 Å². The van der Waals surface area contributed by atoms with Gasteiger partial charge in [-0.25, -0.2) is 14.2 Å². The highest BCUT2D eigenvalue weighted by Crippen LogP contribution is 2.27. The van der Waals surface area contributed by atoms with Crippen LogP contribution in [0.25, 0.3) is 0 Å². The summed E-state index contributed by atoms with van der Waals surface area (Å²) in [5.41, 5.74) is 0.700. The van der Waals surface area contributed by atoms with Gasteiger partial charge >= 0.3 is 6.09 Å². The quantitative estimate of drug-likeness (QED) is 0.646. The highest BCUT2D eigenvalue weighted by atomic mass is 19.1. The largest absolute Gasteiger partial charge is 0.444 e. The van der Waals surface area contributed by atoms with E-state index in [1.54, 1.807) is 57.2 Å². The SMILES string of the molecule is CC(C)c1ccc(C(NC(=O)[C@H]2CC(F)CN2C(=O)OC(C)(C)C)c2ccccc2)nc1F. The topological polar surface area (TPSA) is 71.5 Å². The Morgan fingerprint density at radius 1 is 1.15 bits per heavy atom. The van der Waals surface area contributed by atoms with Crippen LogP contribution < -0.4 is 5.32 Å². The van der Waals surface area contributed by atoms with E-state index >= 15 is 0 Å². The molecule has 1 N–H and O–H groups in total. The number of benzene rings is 1. The molecule has 1 aliphatic heterocycles. The molecule has 2 unspecified atom stereocenters. The first-order chi connectivity index (χ1) is 15.5. The van der Waals surface area contributed by atoms with Crippen LogP contribution in [0.4, 0.5) is 13.6 Å². The zero-order valence-corrected chi connectivity index (χ0v) is 19.6. The van der Waals surface area contributed by atoms with E-state index in [1.807, 2.05) is 19.9 Å². The Hall–Kier alpha value is -3.03. The molecule has 8 heteroatoms. The van der Waals surface area contributed by atoms with Crippen LogP contribution in [0.2, 0.25) is 0 Å². The van der Waals surface area contributed by atoms with Crippen molar-refractivity contribution in [1.29, 1.82) is 0 Å². The maximum atomic E-state index is 14.6. The summed E-state index contributed by atoms with van der Waals surface area (Å²) in [6.07, 6.45) is -2.23. The van der Waals surface area contributed by atoms with Gasteiger partial charge in [0.2, 0.25) is 11.9 Å². The number of ether oxygens (including phenoxy) is 1. The van der Waals surface area contributed by atoms with Crippen molar-refractivity contribution in [3.63, 3.8) is 0 Å². The maximum Gasteiger partial charge on any atom is 0.411 e. The molecule has 3 atom stereocenters. The fraction of sp³-hybridized carbons (Fsp3) is 0.480. The molecule has 1 fully saturated rings. The predicted octanol–water partition coefficient (Wildman–Crippen LogP) is 4.90. The van der Waals surface area contributed by atoms with Gasteiger partial charge in [-0.1, -0.05) is 50.2 Å². The number of halogens is 2. The number of nitrogens with zero attached hydrogens (tertiary/aromatic N) is 2. The van der Waals surface area contributed by atoms with Crippen molar-refractivity contribution < 1.29 is 23.1 Å². The molecule has 6 nitrogen and oxygen atoms in total. The van der Waals surface area contributed by atoms with Crippen LogP contribution in [-0.4, -0.2) is 46.2 Å². The monoisotopic (exact) mass is 459 g/mol. The zero-order chi connectivity index (χ0) is 24.3. The van der Waals surface area contributed by atoms with E-state index in [4.69, 9.17) is 4.74 Å². The number of nitrogens with one attached hydrogen (secondary N) is 1. The molecule has 1 aromatic heterocycles. The van der Waals surface area contributed by atoms with Crippen LogP contribution in [0.5, 0.6) is 0 Å². The number of aromatic nitrogens is 1. The minimum absolute atomic E-state index is 0.0429. The second kappa shape index (κ2) is 9.85. The number of hydrogen-bond acceptors (Lipinski definition) is 4. The van der Waals surface area contributed by atoms with Crippen molar-refractivity contribution in [1.82, 2.24) is 15.2 Å². The highest BCUT2D eigenvalue weighted by molar-refractivity contribution is 5.87. The summed E-state index contributed by atoms with van der Waals surface area (Å²) in [4.78, 5) is 31.0. The van der Waals surface area contributed by atoms with Gasteiger partial charge in [-0.05, 0) is 38.3 Å². The highest BCUT2D eigenvalue weighted by Gasteiger charge is 2.42. The van der Waals surface area contributed by atoms with E-state index in [2.05, 4.69) is 10.3 Å². The summed E-state index contributed by atoms with van der Waals surface area (Å²) in [5, 5.41) is 2.85. The first-order valence-corrected chi connectivity index (χ1v) is 11.1. The van der Waals surface area contributed by atoms with Crippen LogP contribution in [0.1, 0.15) is 69.8 Å². The van der Waals surface area contributed by atoms with Crippen molar-refractivity contribution in [2.24, 2.45) is 0 Å². The number of likely N-dealkylation sites (tertiary alicyclic amines) is 1. The zero-order valence-electron chi connectivity index (χ0n) is 19.6. The van der Waals surface area contributed by atoms with Crippen molar-refractivity contribution in [2.45, 2.75) is 70.8 Å². The number of amides is 2. The number of hydrogen-bond donors (Lipinski definition) is 1. The van der Waals surface area contributed by atoms with Crippen molar-refractivity contribution >= 4 is 12.0 Å². The lowest BCUT2D eigenvalue weighted by molar-refractivity contribution is -0.126. The molecule has 2 amide bonds. The molecular weight excluding hydrogens is 428 g/mol. The molecule has 33 heavy (non-hydrogen) atoms. The van der Waals surface area contributed by atoms with Crippen LogP contribution >= 0.6 is 0 Å². The van der Waals surface area contributed by atoms with Gasteiger partial charge in [-0.15, -0.1) is 0 Å². The summed E-state index contributed by atoms with van der Waals surface area (Å²) in [6.45, 7) is 8.63. The summed E-state index contributed by atoms with van der Waals surface area (Å²) >= 11 is 0. The summed E-state index contributed by atoms with van der Waals surface area (Å²) < 4.78 is 34.2. The number of alkyl halides is 1. The van der Waals surface area contributed by atoms with Crippen LogP contribution in [0.15, 0.2) is 42.5 Å². The van der Waals surface area contributed by atoms with E-state index in [0.29, 0.717) is 16.8 Å². The Morgan fingerprint density at radius 2 is 1.82 bits per heavy atom. The molecular formula is C25H31F2N3O3. The molecule has 2 heterocycles. The summed E-state index contributed by atoms with van der Waals surface area (Å²) in [6, 6.07) is 10.5. The van der Waals surface area contributed by atoms with Gasteiger partial charge in [0.25, 0.3) is 0 Å². The minimum Gasteiger partial charge on any atom is -0.444 e. The van der Waals surface area contributed by atoms with Gasteiger partial charge in [-0.3, -0.25) is 9.69 Å². The van der Waals surface area contributed by atoms with Crippen LogP contribution in [0, 0.1) is 5.95 Å². The van der Waals surface area contributed by atoms with Crippen molar-refractivity contribution in [3.8, 4) is 0 Å². The van der Waals surface area contributed by atoms with E-state index < -0.39 is 41.8 Å². The lowest BCUT2D eigenvalue weighted by atomic mass is 9.99. The molecule has 0 radical (unpaired) electrons. The first kappa shape index (κ1) is 24.6. The molecule has 1 aliphatic rings. The smallest absolute Gasteiger partial charge is 0.411 e. The number of carbonyl (C=O) groups excluding carboxylic acids is 2. The Morgan fingerprint density at radius 3 is 2.39 bits per heavy atom. The average molecular weight is 460 g/mol. The third-order valence-electron chi connectivity index (χ3n) is 5.42. The molecule has 1 aromatic carbocycles. The van der Waals surface area contributed by atoms with E-state index in [0.717, 1.165) is 4.90 Å². The van der Waals surface area contributed by atoms with Crippen LogP contribution in [0.3, 0.4) is 0 Å². The molecule has 0 spiro atoms. The standard InChI is InChI=1S/C25H31F2N3O3/c1-15(2)18-11-12-19(28-22(18)27)21(16-9-7-6-8-10-16)29-23(31)20-13-17(26)14-30(20)24(32)33-25(3,4)5/h6-12,15,17,20-21H,13-14H2,1-5H3,(H,29,31)/t17?,20-,21?/m1/s1. The number of carbonyl (C=O) groups is 2. The predicted molar refractivity (Wildman–Crippen MR) is 121 cm³/mol. The molecule has 2 aromatic rings. The fourth-order valence-electron chi connectivity index (χ4n) is 3.82. The van der Waals surface area contributed by atoms with Gasteiger partial charge in [-0.2, -0.15) is 4.39 Å².